The molecule has 0 aliphatic carbocycles. The van der Waals surface area contributed by atoms with E-state index >= 15 is 0 Å². The van der Waals surface area contributed by atoms with Crippen LogP contribution in [-0.4, -0.2) is 11.0 Å². The fourth-order valence-electron chi connectivity index (χ4n) is 1.71. The molecule has 0 fully saturated rings. The Bertz CT molecular complexity index is 594. The first-order valence-corrected chi connectivity index (χ1v) is 7.24. The first-order valence-electron chi connectivity index (χ1n) is 6.36. The van der Waals surface area contributed by atoms with Gasteiger partial charge >= 0.3 is 6.03 Å². The Labute approximate surface area is 122 Å². The van der Waals surface area contributed by atoms with Crippen LogP contribution in [0.2, 0.25) is 0 Å². The number of urea groups is 1. The van der Waals surface area contributed by atoms with Gasteiger partial charge in [-0.2, -0.15) is 0 Å². The average molecular weight is 290 g/mol. The van der Waals surface area contributed by atoms with E-state index in [1.807, 2.05) is 43.5 Å². The monoisotopic (exact) mass is 290 g/mol. The van der Waals surface area contributed by atoms with Gasteiger partial charge < -0.3 is 16.4 Å². The third-order valence-corrected chi connectivity index (χ3v) is 3.70. The minimum Gasteiger partial charge on any atom is -0.331 e. The third-order valence-electron chi connectivity index (χ3n) is 2.74. The summed E-state index contributed by atoms with van der Waals surface area (Å²) in [5.41, 5.74) is 8.50. The number of rotatable bonds is 4. The third kappa shape index (κ3) is 4.04. The van der Waals surface area contributed by atoms with Gasteiger partial charge in [-0.15, -0.1) is 11.3 Å². The molecule has 0 bridgehead atoms. The maximum absolute atomic E-state index is 11.8. The smallest absolute Gasteiger partial charge is 0.319 e. The number of nitrogens with zero attached hydrogens (tertiary/aromatic N) is 1. The topological polar surface area (TPSA) is 80.0 Å². The molecule has 5 nitrogen and oxygen atoms in total. The van der Waals surface area contributed by atoms with E-state index in [0.717, 1.165) is 22.0 Å². The summed E-state index contributed by atoms with van der Waals surface area (Å²) in [5, 5.41) is 8.41. The molecular formula is C14H18N4OS. The van der Waals surface area contributed by atoms with Gasteiger partial charge in [0.15, 0.2) is 0 Å². The molecule has 2 amide bonds. The second-order valence-corrected chi connectivity index (χ2v) is 5.55. The SMILES string of the molecule is Cc1csc(CNC(=O)Nc2cccc(C(C)N)c2)n1. The van der Waals surface area contributed by atoms with Crippen molar-refractivity contribution in [1.82, 2.24) is 10.3 Å². The van der Waals surface area contributed by atoms with Gasteiger partial charge in [0, 0.05) is 22.8 Å². The second-order valence-electron chi connectivity index (χ2n) is 4.60. The number of aromatic nitrogens is 1. The van der Waals surface area contributed by atoms with Crippen LogP contribution in [0.25, 0.3) is 0 Å². The molecule has 1 unspecified atom stereocenters. The van der Waals surface area contributed by atoms with Crippen LogP contribution < -0.4 is 16.4 Å². The summed E-state index contributed by atoms with van der Waals surface area (Å²) >= 11 is 1.53. The highest BCUT2D eigenvalue weighted by atomic mass is 32.1. The molecule has 2 rings (SSSR count). The number of nitrogens with two attached hydrogens (primary N) is 1. The van der Waals surface area contributed by atoms with Crippen molar-refractivity contribution in [3.8, 4) is 0 Å². The molecule has 1 aromatic heterocycles. The van der Waals surface area contributed by atoms with E-state index in [0.29, 0.717) is 6.54 Å². The Balaban J connectivity index is 1.89. The first kappa shape index (κ1) is 14.5. The summed E-state index contributed by atoms with van der Waals surface area (Å²) in [5.74, 6) is 0. The van der Waals surface area contributed by atoms with Crippen molar-refractivity contribution < 1.29 is 4.79 Å². The van der Waals surface area contributed by atoms with Crippen LogP contribution in [0.4, 0.5) is 10.5 Å². The molecule has 0 saturated heterocycles. The van der Waals surface area contributed by atoms with E-state index in [2.05, 4.69) is 15.6 Å². The number of aryl methyl sites for hydroxylation is 1. The number of anilines is 1. The first-order chi connectivity index (χ1) is 9.54. The number of carbonyl (C=O) groups is 1. The maximum atomic E-state index is 11.8. The number of hydrogen-bond acceptors (Lipinski definition) is 4. The van der Waals surface area contributed by atoms with Crippen molar-refractivity contribution >= 4 is 23.1 Å². The summed E-state index contributed by atoms with van der Waals surface area (Å²) in [6.45, 7) is 4.26. The van der Waals surface area contributed by atoms with E-state index in [1.165, 1.54) is 11.3 Å². The Morgan fingerprint density at radius 3 is 2.95 bits per heavy atom. The number of thiazole rings is 1. The zero-order chi connectivity index (χ0) is 14.5. The average Bonchev–Trinajstić information content (AvgIpc) is 2.82. The highest BCUT2D eigenvalue weighted by Gasteiger charge is 2.05. The molecule has 6 heteroatoms. The molecule has 2 aromatic rings. The van der Waals surface area contributed by atoms with Crippen LogP contribution in [0, 0.1) is 6.92 Å². The van der Waals surface area contributed by atoms with E-state index in [9.17, 15) is 4.79 Å². The molecule has 1 heterocycles. The summed E-state index contributed by atoms with van der Waals surface area (Å²) in [7, 11) is 0. The van der Waals surface area contributed by atoms with Crippen molar-refractivity contribution in [2.45, 2.75) is 26.4 Å². The predicted octanol–water partition coefficient (Wildman–Crippen LogP) is 2.79. The van der Waals surface area contributed by atoms with Crippen LogP contribution in [0.15, 0.2) is 29.6 Å². The van der Waals surface area contributed by atoms with Gasteiger partial charge in [-0.3, -0.25) is 0 Å². The van der Waals surface area contributed by atoms with Crippen molar-refractivity contribution in [2.24, 2.45) is 5.73 Å². The highest BCUT2D eigenvalue weighted by molar-refractivity contribution is 7.09. The van der Waals surface area contributed by atoms with Crippen LogP contribution in [0.1, 0.15) is 29.2 Å². The Morgan fingerprint density at radius 1 is 1.50 bits per heavy atom. The lowest BCUT2D eigenvalue weighted by Crippen LogP contribution is -2.28. The van der Waals surface area contributed by atoms with Crippen LogP contribution >= 0.6 is 11.3 Å². The molecule has 20 heavy (non-hydrogen) atoms. The van der Waals surface area contributed by atoms with Crippen molar-refractivity contribution in [3.05, 3.63) is 45.9 Å². The van der Waals surface area contributed by atoms with Gasteiger partial charge in [0.2, 0.25) is 0 Å². The van der Waals surface area contributed by atoms with Gasteiger partial charge in [0.05, 0.1) is 6.54 Å². The standard InChI is InChI=1S/C14H18N4OS/c1-9-8-20-13(17-9)7-16-14(19)18-12-5-3-4-11(6-12)10(2)15/h3-6,8,10H,7,15H2,1-2H3,(H2,16,18,19). The normalized spacial score (nSPS) is 11.9. The Morgan fingerprint density at radius 2 is 2.30 bits per heavy atom. The molecular weight excluding hydrogens is 272 g/mol. The van der Waals surface area contributed by atoms with Crippen molar-refractivity contribution in [3.63, 3.8) is 0 Å². The van der Waals surface area contributed by atoms with Crippen molar-refractivity contribution in [1.29, 1.82) is 0 Å². The lowest BCUT2D eigenvalue weighted by Gasteiger charge is -2.10. The zero-order valence-electron chi connectivity index (χ0n) is 11.5. The fourth-order valence-corrected chi connectivity index (χ4v) is 2.43. The molecule has 1 atom stereocenters. The number of benzene rings is 1. The van der Waals surface area contributed by atoms with Crippen molar-refractivity contribution in [2.75, 3.05) is 5.32 Å². The molecule has 0 aliphatic rings. The molecule has 4 N–H and O–H groups in total. The minimum absolute atomic E-state index is 0.0573. The number of hydrogen-bond donors (Lipinski definition) is 3. The number of nitrogens with one attached hydrogen (secondary N) is 2. The molecule has 0 saturated carbocycles. The quantitative estimate of drug-likeness (QED) is 0.810. The van der Waals surface area contributed by atoms with Crippen LogP contribution in [0.3, 0.4) is 0 Å². The van der Waals surface area contributed by atoms with E-state index in [1.54, 1.807) is 0 Å². The predicted molar refractivity (Wildman–Crippen MR) is 81.8 cm³/mol. The number of amides is 2. The van der Waals surface area contributed by atoms with Gasteiger partial charge in [-0.1, -0.05) is 12.1 Å². The highest BCUT2D eigenvalue weighted by Crippen LogP contribution is 2.15. The lowest BCUT2D eigenvalue weighted by molar-refractivity contribution is 0.251. The molecule has 106 valence electrons. The van der Waals surface area contributed by atoms with Gasteiger partial charge in [-0.05, 0) is 31.5 Å². The summed E-state index contributed by atoms with van der Waals surface area (Å²) in [6, 6.07) is 7.21. The second kappa shape index (κ2) is 6.49. The molecule has 0 radical (unpaired) electrons. The van der Waals surface area contributed by atoms with Gasteiger partial charge in [0.1, 0.15) is 5.01 Å². The fraction of sp³-hybridized carbons (Fsp3) is 0.286. The largest absolute Gasteiger partial charge is 0.331 e. The lowest BCUT2D eigenvalue weighted by atomic mass is 10.1. The van der Waals surface area contributed by atoms with Gasteiger partial charge in [-0.25, -0.2) is 9.78 Å². The van der Waals surface area contributed by atoms with Crippen LogP contribution in [-0.2, 0) is 6.54 Å². The maximum Gasteiger partial charge on any atom is 0.319 e. The van der Waals surface area contributed by atoms with E-state index in [4.69, 9.17) is 5.73 Å². The summed E-state index contributed by atoms with van der Waals surface area (Å²) < 4.78 is 0. The molecule has 0 spiro atoms. The minimum atomic E-state index is -0.250. The molecule has 0 aliphatic heterocycles. The van der Waals surface area contributed by atoms with E-state index in [-0.39, 0.29) is 12.1 Å². The number of carbonyl (C=O) groups excluding carboxylic acids is 1. The zero-order valence-corrected chi connectivity index (χ0v) is 12.3. The Kier molecular flexibility index (Phi) is 4.70. The van der Waals surface area contributed by atoms with Gasteiger partial charge in [0.25, 0.3) is 0 Å². The summed E-state index contributed by atoms with van der Waals surface area (Å²) in [4.78, 5) is 16.1. The Hall–Kier alpha value is -1.92. The van der Waals surface area contributed by atoms with E-state index < -0.39 is 0 Å². The van der Waals surface area contributed by atoms with Crippen LogP contribution in [0.5, 0.6) is 0 Å². The molecule has 1 aromatic carbocycles. The summed E-state index contributed by atoms with van der Waals surface area (Å²) in [6.07, 6.45) is 0.